The van der Waals surface area contributed by atoms with E-state index in [0.717, 1.165) is 0 Å². The molecule has 0 radical (unpaired) electrons. The van der Waals surface area contributed by atoms with Crippen LogP contribution in [0.2, 0.25) is 58.9 Å². The number of rotatable bonds is 7. The molecule has 0 aromatic carbocycles. The van der Waals surface area contributed by atoms with Crippen LogP contribution in [-0.2, 0) is 18.0 Å². The molecular formula is C15H37NO5Si3. The molecule has 0 aliphatic carbocycles. The Kier molecular flexibility index (Phi) is 7.46. The fraction of sp³-hybridized carbons (Fsp3) is 1.00. The average Bonchev–Trinajstić information content (AvgIpc) is 2.32. The predicted octanol–water partition coefficient (Wildman–Crippen LogP) is 2.32. The Labute approximate surface area is 150 Å². The standard InChI is InChI=1S/C15H37NO5Si3/c1-22(2,3)18-10-11-13(20-23(4,5)6)14(21-24(7,8)9)12(16)15(17)19-11/h11-15,17H,10,16H2,1-9H3/t11-,12+,13-,14-,15+/m1/s1. The summed E-state index contributed by atoms with van der Waals surface area (Å²) >= 11 is 0. The summed E-state index contributed by atoms with van der Waals surface area (Å²) in [7, 11) is -5.43. The lowest BCUT2D eigenvalue weighted by Crippen LogP contribution is -2.66. The van der Waals surface area contributed by atoms with Crippen LogP contribution < -0.4 is 5.73 Å². The zero-order valence-electron chi connectivity index (χ0n) is 16.8. The topological polar surface area (TPSA) is 83.2 Å². The molecule has 144 valence electrons. The summed E-state index contributed by atoms with van der Waals surface area (Å²) in [6.45, 7) is 19.5. The van der Waals surface area contributed by atoms with E-state index in [9.17, 15) is 5.11 Å². The molecule has 1 fully saturated rings. The lowest BCUT2D eigenvalue weighted by Gasteiger charge is -2.47. The van der Waals surface area contributed by atoms with E-state index in [0.29, 0.717) is 6.61 Å². The van der Waals surface area contributed by atoms with Gasteiger partial charge in [0.15, 0.2) is 31.2 Å². The molecule has 0 saturated carbocycles. The van der Waals surface area contributed by atoms with Gasteiger partial charge in [-0.2, -0.15) is 0 Å². The van der Waals surface area contributed by atoms with E-state index in [4.69, 9.17) is 23.7 Å². The van der Waals surface area contributed by atoms with E-state index in [1.54, 1.807) is 0 Å². The van der Waals surface area contributed by atoms with E-state index < -0.39 is 37.3 Å². The minimum absolute atomic E-state index is 0.321. The second-order valence-corrected chi connectivity index (χ2v) is 22.9. The van der Waals surface area contributed by atoms with Crippen LogP contribution in [0.25, 0.3) is 0 Å². The first-order valence-electron chi connectivity index (χ1n) is 8.68. The smallest absolute Gasteiger partial charge is 0.184 e. The van der Waals surface area contributed by atoms with Crippen LogP contribution in [0.4, 0.5) is 0 Å². The highest BCUT2D eigenvalue weighted by Crippen LogP contribution is 2.29. The number of aliphatic hydroxyl groups is 1. The van der Waals surface area contributed by atoms with Crippen molar-refractivity contribution in [3.63, 3.8) is 0 Å². The van der Waals surface area contributed by atoms with Crippen molar-refractivity contribution in [3.8, 4) is 0 Å². The van der Waals surface area contributed by atoms with Gasteiger partial charge in [0.25, 0.3) is 0 Å². The van der Waals surface area contributed by atoms with Crippen molar-refractivity contribution < 1.29 is 23.1 Å². The van der Waals surface area contributed by atoms with Crippen molar-refractivity contribution in [1.82, 2.24) is 0 Å². The summed E-state index contributed by atoms with van der Waals surface area (Å²) in [5.41, 5.74) is 6.21. The van der Waals surface area contributed by atoms with E-state index in [1.807, 2.05) is 0 Å². The Morgan fingerprint density at radius 1 is 0.833 bits per heavy atom. The van der Waals surface area contributed by atoms with Crippen molar-refractivity contribution in [2.24, 2.45) is 5.73 Å². The van der Waals surface area contributed by atoms with E-state index >= 15 is 0 Å². The number of ether oxygens (including phenoxy) is 1. The molecule has 24 heavy (non-hydrogen) atoms. The van der Waals surface area contributed by atoms with Crippen molar-refractivity contribution >= 4 is 25.0 Å². The maximum absolute atomic E-state index is 10.3. The van der Waals surface area contributed by atoms with Crippen LogP contribution in [0.15, 0.2) is 0 Å². The Hall–Kier alpha value is 0.411. The molecule has 9 heteroatoms. The largest absolute Gasteiger partial charge is 0.415 e. The molecule has 1 saturated heterocycles. The molecule has 0 unspecified atom stereocenters. The number of hydrogen-bond donors (Lipinski definition) is 2. The summed E-state index contributed by atoms with van der Waals surface area (Å²) < 4.78 is 24.5. The fourth-order valence-corrected chi connectivity index (χ4v) is 5.39. The zero-order valence-corrected chi connectivity index (χ0v) is 19.8. The molecule has 0 aromatic rings. The van der Waals surface area contributed by atoms with Gasteiger partial charge in [0.2, 0.25) is 0 Å². The molecule has 0 aromatic heterocycles. The molecule has 6 nitrogen and oxygen atoms in total. The normalized spacial score (nSPS) is 32.9. The summed E-state index contributed by atoms with van der Waals surface area (Å²) in [6, 6.07) is -0.624. The molecule has 1 aliphatic heterocycles. The highest BCUT2D eigenvalue weighted by molar-refractivity contribution is 6.70. The van der Waals surface area contributed by atoms with Gasteiger partial charge < -0.3 is 28.9 Å². The lowest BCUT2D eigenvalue weighted by molar-refractivity contribution is -0.240. The van der Waals surface area contributed by atoms with Crippen LogP contribution in [0.5, 0.6) is 0 Å². The van der Waals surface area contributed by atoms with Gasteiger partial charge in [-0.05, 0) is 58.9 Å². The molecule has 3 N–H and O–H groups in total. The Morgan fingerprint density at radius 3 is 1.71 bits per heavy atom. The second kappa shape index (κ2) is 7.97. The molecular weight excluding hydrogens is 358 g/mol. The van der Waals surface area contributed by atoms with Crippen molar-refractivity contribution in [2.45, 2.75) is 89.6 Å². The average molecular weight is 396 g/mol. The summed E-state index contributed by atoms with van der Waals surface area (Å²) in [5.74, 6) is 0. The van der Waals surface area contributed by atoms with Crippen molar-refractivity contribution in [2.75, 3.05) is 6.61 Å². The highest BCUT2D eigenvalue weighted by Gasteiger charge is 2.48. The third-order valence-electron chi connectivity index (χ3n) is 3.37. The SMILES string of the molecule is C[Si](C)(C)OC[C@H]1O[C@H](O)[C@@H](N)[C@@H](O[Si](C)(C)C)[C@@H]1O[Si](C)(C)C. The van der Waals surface area contributed by atoms with Crippen LogP contribution in [-0.4, -0.2) is 67.3 Å². The summed E-state index contributed by atoms with van der Waals surface area (Å²) in [6.07, 6.45) is -2.15. The van der Waals surface area contributed by atoms with Crippen LogP contribution in [0.1, 0.15) is 0 Å². The summed E-state index contributed by atoms with van der Waals surface area (Å²) in [5, 5.41) is 10.3. The van der Waals surface area contributed by atoms with Crippen LogP contribution in [0.3, 0.4) is 0 Å². The first kappa shape index (κ1) is 22.5. The Balaban J connectivity index is 3.05. The first-order chi connectivity index (χ1) is 10.6. The molecule has 5 atom stereocenters. The van der Waals surface area contributed by atoms with Crippen LogP contribution in [0, 0.1) is 0 Å². The number of hydrogen-bond acceptors (Lipinski definition) is 6. The molecule has 1 heterocycles. The predicted molar refractivity (Wildman–Crippen MR) is 105 cm³/mol. The highest BCUT2D eigenvalue weighted by atomic mass is 28.4. The van der Waals surface area contributed by atoms with Gasteiger partial charge >= 0.3 is 0 Å². The number of nitrogens with two attached hydrogens (primary N) is 1. The Bertz CT molecular complexity index is 405. The van der Waals surface area contributed by atoms with Gasteiger partial charge in [-0.25, -0.2) is 0 Å². The lowest BCUT2D eigenvalue weighted by atomic mass is 9.98. The molecule has 0 spiro atoms. The van der Waals surface area contributed by atoms with E-state index in [-0.39, 0.29) is 18.3 Å². The number of aliphatic hydroxyl groups excluding tert-OH is 1. The molecule has 0 bridgehead atoms. The second-order valence-electron chi connectivity index (χ2n) is 9.46. The Morgan fingerprint density at radius 2 is 1.29 bits per heavy atom. The van der Waals surface area contributed by atoms with Gasteiger partial charge in [0.05, 0.1) is 18.8 Å². The van der Waals surface area contributed by atoms with E-state index in [2.05, 4.69) is 58.9 Å². The third-order valence-corrected chi connectivity index (χ3v) is 6.36. The monoisotopic (exact) mass is 395 g/mol. The quantitative estimate of drug-likeness (QED) is 0.644. The molecule has 0 amide bonds. The minimum Gasteiger partial charge on any atom is -0.415 e. The fourth-order valence-electron chi connectivity index (χ4n) is 2.51. The van der Waals surface area contributed by atoms with Gasteiger partial charge in [-0.1, -0.05) is 0 Å². The molecule has 1 aliphatic rings. The van der Waals surface area contributed by atoms with Gasteiger partial charge in [-0.3, -0.25) is 0 Å². The van der Waals surface area contributed by atoms with Gasteiger partial charge in [0, 0.05) is 0 Å². The maximum Gasteiger partial charge on any atom is 0.184 e. The van der Waals surface area contributed by atoms with E-state index in [1.165, 1.54) is 0 Å². The van der Waals surface area contributed by atoms with Gasteiger partial charge in [0.1, 0.15) is 12.2 Å². The zero-order chi connectivity index (χ0) is 18.9. The summed E-state index contributed by atoms with van der Waals surface area (Å²) in [4.78, 5) is 0. The minimum atomic E-state index is -1.87. The van der Waals surface area contributed by atoms with Gasteiger partial charge in [-0.15, -0.1) is 0 Å². The third kappa shape index (κ3) is 7.75. The maximum atomic E-state index is 10.3. The van der Waals surface area contributed by atoms with Crippen LogP contribution >= 0.6 is 0 Å². The first-order valence-corrected chi connectivity index (χ1v) is 18.9. The van der Waals surface area contributed by atoms with Crippen molar-refractivity contribution in [1.29, 1.82) is 0 Å². The van der Waals surface area contributed by atoms with Crippen molar-refractivity contribution in [3.05, 3.63) is 0 Å². The molecule has 1 rings (SSSR count).